The molecule has 0 aromatic rings. The number of carbonyl (C=O) groups is 5. The Labute approximate surface area is 396 Å². The Morgan fingerprint density at radius 2 is 1.62 bits per heavy atom. The van der Waals surface area contributed by atoms with Gasteiger partial charge in [0.1, 0.15) is 29.3 Å². The fourth-order valence-electron chi connectivity index (χ4n) is 10.7. The number of fused-ring (bicyclic) bond motifs is 3. The molecule has 2 unspecified atom stereocenters. The van der Waals surface area contributed by atoms with Crippen LogP contribution in [-0.4, -0.2) is 151 Å². The monoisotopic (exact) mass is 950 g/mol. The third-order valence-electron chi connectivity index (χ3n) is 14.7. The van der Waals surface area contributed by atoms with Crippen molar-refractivity contribution >= 4 is 41.2 Å². The second kappa shape index (κ2) is 25.2. The molecule has 15 nitrogen and oxygen atoms in total. The number of hydrogen-bond donors (Lipinski definition) is 2. The second-order valence-corrected chi connectivity index (χ2v) is 21.0. The summed E-state index contributed by atoms with van der Waals surface area (Å²) in [5.41, 5.74) is 1.68. The summed E-state index contributed by atoms with van der Waals surface area (Å²) in [4.78, 5) is 70.2. The number of ether oxygens (including phenoxy) is 7. The summed E-state index contributed by atoms with van der Waals surface area (Å²) in [5.74, 6) is -6.86. The summed E-state index contributed by atoms with van der Waals surface area (Å²) in [6.07, 6.45) is 6.26. The molecule has 4 fully saturated rings. The van der Waals surface area contributed by atoms with Crippen molar-refractivity contribution in [3.63, 3.8) is 0 Å². The number of aliphatic hydroxyl groups excluding tert-OH is 1. The molecule has 4 aliphatic heterocycles. The lowest BCUT2D eigenvalue weighted by Crippen LogP contribution is -2.64. The fraction of sp³-hybridized carbons (Fsp3) is 0.820. The Morgan fingerprint density at radius 3 is 2.29 bits per heavy atom. The van der Waals surface area contributed by atoms with Gasteiger partial charge in [-0.2, -0.15) is 0 Å². The number of cyclic esters (lactones) is 2. The van der Waals surface area contributed by atoms with Gasteiger partial charge in [-0.05, 0) is 108 Å². The van der Waals surface area contributed by atoms with Crippen LogP contribution in [0.15, 0.2) is 23.3 Å². The number of allylic oxidation sites excluding steroid dienone is 3. The van der Waals surface area contributed by atoms with Crippen molar-refractivity contribution in [1.82, 2.24) is 4.90 Å². The third kappa shape index (κ3) is 13.5. The summed E-state index contributed by atoms with van der Waals surface area (Å²) in [7, 11) is 4.74. The van der Waals surface area contributed by atoms with Crippen molar-refractivity contribution < 1.29 is 67.3 Å². The van der Waals surface area contributed by atoms with E-state index in [2.05, 4.69) is 13.0 Å². The Bertz CT molecular complexity index is 1720. The standard InChI is InChI=1S/C50H79NO14S/c1-10-35-23-29(2)22-30(3)24-41(60-8)45-42(61-9)26-32(5)50(58,65-45)46(54)47(55)51-18-12-11-14-36(51)48(56)64-44(33(6)37(52)28-38(35)53)31(4)25-34-15-16-39(40(27-34)59-7)62-19-13-21-66-43-17-20-63-49(43)57/h23,25,30,32-37,39-45,52,58H,10-22,24,26-28H2,1-9H3/b29-23+,31-25+/t30-,32+,33+,34-,35+,36-,37-,39+,40+,41-,42-,43?,44?,45+,50+/m0/s1. The number of esters is 2. The highest BCUT2D eigenvalue weighted by atomic mass is 32.2. The van der Waals surface area contributed by atoms with Crippen LogP contribution in [0.1, 0.15) is 125 Å². The van der Waals surface area contributed by atoms with Crippen molar-refractivity contribution in [2.45, 2.75) is 185 Å². The lowest BCUT2D eigenvalue weighted by molar-refractivity contribution is -0.302. The summed E-state index contributed by atoms with van der Waals surface area (Å²) < 4.78 is 41.7. The molecule has 2 bridgehead atoms. The normalized spacial score (nSPS) is 39.3. The van der Waals surface area contributed by atoms with Crippen LogP contribution in [0.5, 0.6) is 0 Å². The number of aliphatic hydroxyl groups is 2. The van der Waals surface area contributed by atoms with Gasteiger partial charge < -0.3 is 48.3 Å². The van der Waals surface area contributed by atoms with E-state index in [4.69, 9.17) is 33.2 Å². The number of hydrogen-bond acceptors (Lipinski definition) is 15. The number of ketones is 2. The van der Waals surface area contributed by atoms with E-state index in [0.717, 1.165) is 37.0 Å². The lowest BCUT2D eigenvalue weighted by Gasteiger charge is -2.47. The molecule has 374 valence electrons. The quantitative estimate of drug-likeness (QED) is 0.101. The first-order chi connectivity index (χ1) is 31.4. The van der Waals surface area contributed by atoms with E-state index in [0.29, 0.717) is 57.3 Å². The Morgan fingerprint density at radius 1 is 0.909 bits per heavy atom. The number of Topliss-reactive ketones (excluding diaryl/α,β-unsaturated/α-hetero) is 2. The predicted octanol–water partition coefficient (Wildman–Crippen LogP) is 5.94. The fourth-order valence-corrected chi connectivity index (χ4v) is 11.7. The highest BCUT2D eigenvalue weighted by Gasteiger charge is 2.56. The molecule has 2 N–H and O–H groups in total. The molecule has 1 aliphatic carbocycles. The number of carbonyl (C=O) groups excluding carboxylic acids is 5. The van der Waals surface area contributed by atoms with Crippen molar-refractivity contribution in [1.29, 1.82) is 0 Å². The Kier molecular flexibility index (Phi) is 20.7. The molecule has 5 rings (SSSR count). The van der Waals surface area contributed by atoms with Crippen molar-refractivity contribution in [3.8, 4) is 0 Å². The maximum absolute atomic E-state index is 14.5. The van der Waals surface area contributed by atoms with Crippen LogP contribution in [0.25, 0.3) is 0 Å². The van der Waals surface area contributed by atoms with Crippen LogP contribution in [0.2, 0.25) is 0 Å². The summed E-state index contributed by atoms with van der Waals surface area (Å²) in [5, 5.41) is 23.9. The second-order valence-electron chi connectivity index (χ2n) is 19.7. The molecule has 1 saturated carbocycles. The summed E-state index contributed by atoms with van der Waals surface area (Å²) in [6.45, 7) is 12.4. The maximum atomic E-state index is 14.5. The lowest BCUT2D eigenvalue weighted by atomic mass is 9.81. The van der Waals surface area contributed by atoms with Crippen LogP contribution in [0.4, 0.5) is 0 Å². The van der Waals surface area contributed by atoms with E-state index in [1.165, 1.54) is 19.1 Å². The van der Waals surface area contributed by atoms with Gasteiger partial charge in [0.15, 0.2) is 0 Å². The first-order valence-corrected chi connectivity index (χ1v) is 25.5. The van der Waals surface area contributed by atoms with Crippen LogP contribution in [-0.2, 0) is 57.1 Å². The minimum Gasteiger partial charge on any atom is -0.465 e. The van der Waals surface area contributed by atoms with E-state index in [1.807, 2.05) is 26.8 Å². The topological polar surface area (TPSA) is 194 Å². The van der Waals surface area contributed by atoms with E-state index in [9.17, 15) is 34.2 Å². The molecule has 0 aromatic carbocycles. The average Bonchev–Trinajstić information content (AvgIpc) is 3.72. The predicted molar refractivity (Wildman–Crippen MR) is 248 cm³/mol. The number of thioether (sulfide) groups is 1. The largest absolute Gasteiger partial charge is 0.465 e. The van der Waals surface area contributed by atoms with Gasteiger partial charge in [0, 0.05) is 65.1 Å². The zero-order valence-corrected chi connectivity index (χ0v) is 41.7. The molecular weight excluding hydrogens is 871 g/mol. The van der Waals surface area contributed by atoms with Crippen LogP contribution in [0, 0.1) is 29.6 Å². The van der Waals surface area contributed by atoms with Crippen molar-refractivity contribution in [2.75, 3.05) is 46.8 Å². The van der Waals surface area contributed by atoms with Gasteiger partial charge in [-0.25, -0.2) is 4.79 Å². The SMILES string of the molecule is CC[C@@H]1/C=C(\C)C[C@H](C)C[C@H](OC)[C@H]2O[C@@](O)(C(=O)C(=O)N3CCCC[C@H]3C(=O)OC(/C(C)=C/[C@@H]3CC[C@@H](OCCCSC4CCOC4=O)[C@H](OC)C3)[C@H](C)[C@@H](O)CC1=O)[C@H](C)C[C@@H]2OC. The summed E-state index contributed by atoms with van der Waals surface area (Å²) >= 11 is 1.61. The van der Waals surface area contributed by atoms with E-state index < -0.39 is 77.8 Å². The van der Waals surface area contributed by atoms with E-state index in [1.54, 1.807) is 32.7 Å². The molecule has 0 aromatic heterocycles. The molecule has 5 aliphatic rings. The molecule has 3 saturated heterocycles. The van der Waals surface area contributed by atoms with Crippen molar-refractivity contribution in [2.24, 2.45) is 29.6 Å². The number of nitrogens with zero attached hydrogens (tertiary/aromatic N) is 1. The number of amides is 1. The smallest absolute Gasteiger partial charge is 0.329 e. The molecule has 0 radical (unpaired) electrons. The Hall–Kier alpha value is -2.70. The first-order valence-electron chi connectivity index (χ1n) is 24.5. The molecule has 66 heavy (non-hydrogen) atoms. The van der Waals surface area contributed by atoms with Gasteiger partial charge in [0.05, 0.1) is 37.1 Å². The van der Waals surface area contributed by atoms with E-state index in [-0.39, 0.29) is 66.9 Å². The van der Waals surface area contributed by atoms with E-state index >= 15 is 0 Å². The van der Waals surface area contributed by atoms with Gasteiger partial charge >= 0.3 is 11.9 Å². The zero-order valence-electron chi connectivity index (χ0n) is 40.9. The maximum Gasteiger partial charge on any atom is 0.329 e. The van der Waals surface area contributed by atoms with Gasteiger partial charge in [-0.3, -0.25) is 19.2 Å². The van der Waals surface area contributed by atoms with Crippen LogP contribution >= 0.6 is 11.8 Å². The van der Waals surface area contributed by atoms with Gasteiger partial charge in [0.2, 0.25) is 5.79 Å². The average molecular weight is 950 g/mol. The third-order valence-corrected chi connectivity index (χ3v) is 16.0. The van der Waals surface area contributed by atoms with Crippen LogP contribution in [0.3, 0.4) is 0 Å². The summed E-state index contributed by atoms with van der Waals surface area (Å²) in [6, 6.07) is -1.14. The molecule has 1 amide bonds. The van der Waals surface area contributed by atoms with Gasteiger partial charge in [0.25, 0.3) is 11.7 Å². The molecule has 4 heterocycles. The van der Waals surface area contributed by atoms with Crippen LogP contribution < -0.4 is 0 Å². The van der Waals surface area contributed by atoms with Gasteiger partial charge in [-0.1, -0.05) is 45.4 Å². The van der Waals surface area contributed by atoms with Gasteiger partial charge in [-0.15, -0.1) is 11.8 Å². The first kappa shape index (κ1) is 54.2. The molecular formula is C50H79NO14S. The molecule has 0 spiro atoms. The highest BCUT2D eigenvalue weighted by Crippen LogP contribution is 2.39. The Balaban J connectivity index is 1.41. The molecule has 15 atom stereocenters. The van der Waals surface area contributed by atoms with Crippen molar-refractivity contribution in [3.05, 3.63) is 23.3 Å². The minimum absolute atomic E-state index is 0.0244. The number of methoxy groups -OCH3 is 3. The number of rotatable bonds is 12. The highest BCUT2D eigenvalue weighted by molar-refractivity contribution is 8.00. The molecule has 16 heteroatoms. The number of piperidine rings is 1. The zero-order chi connectivity index (χ0) is 48.3. The minimum atomic E-state index is -2.51.